The summed E-state index contributed by atoms with van der Waals surface area (Å²) in [5.74, 6) is -2.02. The lowest BCUT2D eigenvalue weighted by Gasteiger charge is -2.31. The molecule has 0 saturated carbocycles. The van der Waals surface area contributed by atoms with Crippen molar-refractivity contribution in [2.24, 2.45) is 5.40 Å². The van der Waals surface area contributed by atoms with Crippen LogP contribution >= 0.6 is 0 Å². The average molecular weight is 311 g/mol. The molecule has 8 heteroatoms. The predicted molar refractivity (Wildman–Crippen MR) is 77.7 cm³/mol. The van der Waals surface area contributed by atoms with Crippen LogP contribution in [0.2, 0.25) is 12.1 Å². The number of rotatable bonds is 12. The van der Waals surface area contributed by atoms with E-state index in [1.165, 1.54) is 0 Å². The van der Waals surface area contributed by atoms with Crippen molar-refractivity contribution in [3.05, 3.63) is 0 Å². The van der Waals surface area contributed by atoms with Crippen LogP contribution in [0.3, 0.4) is 0 Å². The number of nitrogens with two attached hydrogens (primary N) is 1. The van der Waals surface area contributed by atoms with Crippen LogP contribution in [0.5, 0.6) is 0 Å². The highest BCUT2D eigenvalue weighted by Gasteiger charge is 2.33. The molecule has 0 saturated heterocycles. The zero-order chi connectivity index (χ0) is 15.6. The Kier molecular flexibility index (Phi) is 9.77. The van der Waals surface area contributed by atoms with Gasteiger partial charge in [0, 0.05) is 55.5 Å². The molecule has 0 aliphatic heterocycles. The molecule has 0 aromatic rings. The second-order valence-corrected chi connectivity index (χ2v) is 7.10. The number of hydrogen-bond acceptors (Lipinski definition) is 7. The maximum Gasteiger partial charge on any atom is 0.281 e. The summed E-state index contributed by atoms with van der Waals surface area (Å²) in [5, 5.41) is 6.22. The summed E-state index contributed by atoms with van der Waals surface area (Å²) in [7, 11) is 7.82. The number of ether oxygens (including phenoxy) is 6. The van der Waals surface area contributed by atoms with Gasteiger partial charge >= 0.3 is 0 Å². The first-order valence-electron chi connectivity index (χ1n) is 6.53. The van der Waals surface area contributed by atoms with E-state index >= 15 is 0 Å². The molecule has 0 radical (unpaired) electrons. The van der Waals surface area contributed by atoms with Gasteiger partial charge in [-0.15, -0.1) is 0 Å². The summed E-state index contributed by atoms with van der Waals surface area (Å²) in [6, 6.07) is 1.62. The van der Waals surface area contributed by atoms with Gasteiger partial charge in [-0.3, -0.25) is 0 Å². The van der Waals surface area contributed by atoms with Crippen LogP contribution in [0.25, 0.3) is 0 Å². The number of methoxy groups -OCH3 is 6. The van der Waals surface area contributed by atoms with Crippen molar-refractivity contribution in [2.75, 3.05) is 42.7 Å². The normalized spacial score (nSPS) is 13.2. The summed E-state index contributed by atoms with van der Waals surface area (Å²) < 4.78 is 31.5. The largest absolute Gasteiger partial charge is 0.353 e. The van der Waals surface area contributed by atoms with Gasteiger partial charge in [0.15, 0.2) is 0 Å². The molecule has 20 heavy (non-hydrogen) atoms. The first kappa shape index (κ1) is 19.9. The van der Waals surface area contributed by atoms with Crippen molar-refractivity contribution >= 4 is 8.96 Å². The van der Waals surface area contributed by atoms with Crippen LogP contribution in [0.4, 0.5) is 0 Å². The minimum absolute atomic E-state index is 0.587. The molecule has 0 aliphatic carbocycles. The molecule has 0 heterocycles. The van der Waals surface area contributed by atoms with Gasteiger partial charge in [0.1, 0.15) is 8.96 Å². The van der Waals surface area contributed by atoms with Crippen LogP contribution < -0.4 is 5.40 Å². The fourth-order valence-electron chi connectivity index (χ4n) is 1.98. The fourth-order valence-corrected chi connectivity index (χ4v) is 3.72. The summed E-state index contributed by atoms with van der Waals surface area (Å²) in [6.45, 7) is 0. The molecule has 0 aromatic heterocycles. The Morgan fingerprint density at radius 2 is 0.900 bits per heavy atom. The van der Waals surface area contributed by atoms with E-state index < -0.39 is 20.9 Å². The molecule has 0 rings (SSSR count). The summed E-state index contributed by atoms with van der Waals surface area (Å²) in [6.07, 6.45) is 1.17. The van der Waals surface area contributed by atoms with E-state index in [4.69, 9.17) is 33.8 Å². The monoisotopic (exact) mass is 311 g/mol. The average Bonchev–Trinajstić information content (AvgIpc) is 2.51. The Morgan fingerprint density at radius 1 is 0.650 bits per heavy atom. The molecule has 0 spiro atoms. The Balaban J connectivity index is 4.26. The van der Waals surface area contributed by atoms with Crippen molar-refractivity contribution in [3.8, 4) is 0 Å². The molecule has 2 N–H and O–H groups in total. The zero-order valence-electron chi connectivity index (χ0n) is 13.4. The van der Waals surface area contributed by atoms with Gasteiger partial charge in [-0.1, -0.05) is 0 Å². The third-order valence-electron chi connectivity index (χ3n) is 3.51. The molecule has 0 atom stereocenters. The van der Waals surface area contributed by atoms with Crippen LogP contribution in [0.1, 0.15) is 12.8 Å². The Morgan fingerprint density at radius 3 is 1.10 bits per heavy atom. The third kappa shape index (κ3) is 5.74. The van der Waals surface area contributed by atoms with Gasteiger partial charge in [0.25, 0.3) is 11.9 Å². The SMILES string of the molecule is COC(CC[SiH](N)CCC(OC)(OC)OC)(OC)OC. The Labute approximate surface area is 123 Å². The van der Waals surface area contributed by atoms with E-state index in [1.807, 2.05) is 0 Å². The second kappa shape index (κ2) is 9.80. The molecular formula is C12H29NO6Si. The molecule has 0 unspecified atom stereocenters. The van der Waals surface area contributed by atoms with Crippen LogP contribution in [0, 0.1) is 0 Å². The highest BCUT2D eigenvalue weighted by Crippen LogP contribution is 2.24. The van der Waals surface area contributed by atoms with Gasteiger partial charge in [-0.05, 0) is 12.1 Å². The maximum atomic E-state index is 6.22. The summed E-state index contributed by atoms with van der Waals surface area (Å²) in [5.41, 5.74) is 0. The van der Waals surface area contributed by atoms with Crippen molar-refractivity contribution in [3.63, 3.8) is 0 Å². The van der Waals surface area contributed by atoms with Crippen LogP contribution in [0.15, 0.2) is 0 Å². The zero-order valence-corrected chi connectivity index (χ0v) is 14.6. The van der Waals surface area contributed by atoms with Crippen LogP contribution in [-0.2, 0) is 28.4 Å². The minimum Gasteiger partial charge on any atom is -0.353 e. The third-order valence-corrected chi connectivity index (χ3v) is 5.57. The standard InChI is InChI=1S/C12H29NO6Si/c1-14-11(15-2,16-3)7-9-20(13)10-8-12(17-4,18-5)19-6/h20H,7-10,13H2,1-6H3. The smallest absolute Gasteiger partial charge is 0.281 e. The van der Waals surface area contributed by atoms with E-state index in [9.17, 15) is 0 Å². The minimum atomic E-state index is -1.47. The van der Waals surface area contributed by atoms with Gasteiger partial charge in [-0.25, -0.2) is 0 Å². The molecule has 0 aliphatic rings. The van der Waals surface area contributed by atoms with Gasteiger partial charge in [0.05, 0.1) is 0 Å². The van der Waals surface area contributed by atoms with E-state index in [-0.39, 0.29) is 0 Å². The van der Waals surface area contributed by atoms with Crippen molar-refractivity contribution < 1.29 is 28.4 Å². The molecule has 0 bridgehead atoms. The van der Waals surface area contributed by atoms with E-state index in [0.717, 1.165) is 12.1 Å². The van der Waals surface area contributed by atoms with Gasteiger partial charge in [0.2, 0.25) is 0 Å². The van der Waals surface area contributed by atoms with Crippen LogP contribution in [-0.4, -0.2) is 63.6 Å². The lowest BCUT2D eigenvalue weighted by molar-refractivity contribution is -0.353. The maximum absolute atomic E-state index is 6.22. The van der Waals surface area contributed by atoms with Gasteiger partial charge in [-0.2, -0.15) is 0 Å². The summed E-state index contributed by atoms with van der Waals surface area (Å²) in [4.78, 5) is 0. The van der Waals surface area contributed by atoms with Gasteiger partial charge < -0.3 is 33.8 Å². The van der Waals surface area contributed by atoms with Crippen molar-refractivity contribution in [1.29, 1.82) is 0 Å². The lowest BCUT2D eigenvalue weighted by atomic mass is 10.4. The van der Waals surface area contributed by atoms with Crippen molar-refractivity contribution in [2.45, 2.75) is 36.9 Å². The molecule has 0 aromatic carbocycles. The molecule has 7 nitrogen and oxygen atoms in total. The number of hydrogen-bond donors (Lipinski definition) is 1. The molecule has 0 fully saturated rings. The quantitative estimate of drug-likeness (QED) is 0.418. The molecular weight excluding hydrogens is 282 g/mol. The first-order chi connectivity index (χ1) is 9.46. The fraction of sp³-hybridized carbons (Fsp3) is 1.00. The van der Waals surface area contributed by atoms with E-state index in [1.54, 1.807) is 42.7 Å². The summed E-state index contributed by atoms with van der Waals surface area (Å²) >= 11 is 0. The molecule has 122 valence electrons. The van der Waals surface area contributed by atoms with Crippen molar-refractivity contribution in [1.82, 2.24) is 0 Å². The first-order valence-corrected chi connectivity index (χ1v) is 8.83. The Hall–Kier alpha value is -0.0631. The highest BCUT2D eigenvalue weighted by atomic mass is 28.3. The highest BCUT2D eigenvalue weighted by molar-refractivity contribution is 6.55. The molecule has 0 amide bonds. The van der Waals surface area contributed by atoms with E-state index in [2.05, 4.69) is 0 Å². The van der Waals surface area contributed by atoms with E-state index in [0.29, 0.717) is 12.8 Å². The predicted octanol–water partition coefficient (Wildman–Crippen LogP) is 0.635. The second-order valence-electron chi connectivity index (χ2n) is 4.43. The topological polar surface area (TPSA) is 81.4 Å². The Bertz CT molecular complexity index is 208. The lowest BCUT2D eigenvalue weighted by Crippen LogP contribution is -2.41.